The third-order valence-electron chi connectivity index (χ3n) is 4.58. The molecule has 1 fully saturated rings. The normalized spacial score (nSPS) is 23.8. The summed E-state index contributed by atoms with van der Waals surface area (Å²) in [6.45, 7) is 4.51. The Balaban J connectivity index is 2.09. The van der Waals surface area contributed by atoms with Gasteiger partial charge < -0.3 is 0 Å². The quantitative estimate of drug-likeness (QED) is 0.771. The van der Waals surface area contributed by atoms with E-state index in [4.69, 9.17) is 4.76 Å². The first kappa shape index (κ1) is 15.2. The van der Waals surface area contributed by atoms with Gasteiger partial charge in [-0.3, -0.25) is 4.57 Å². The fourth-order valence-electron chi connectivity index (χ4n) is 3.03. The van der Waals surface area contributed by atoms with E-state index < -0.39 is 7.29 Å². The van der Waals surface area contributed by atoms with Crippen LogP contribution in [0.3, 0.4) is 0 Å². The first-order valence-electron chi connectivity index (χ1n) is 7.89. The lowest BCUT2D eigenvalue weighted by Gasteiger charge is -2.15. The molecule has 114 valence electrons. The van der Waals surface area contributed by atoms with Crippen LogP contribution in [0.1, 0.15) is 26.7 Å². The van der Waals surface area contributed by atoms with E-state index >= 15 is 0 Å². The fraction of sp³-hybridized carbons (Fsp3) is 0.316. The van der Waals surface area contributed by atoms with E-state index in [0.29, 0.717) is 11.8 Å². The summed E-state index contributed by atoms with van der Waals surface area (Å²) in [7, 11) is -2.94. The van der Waals surface area contributed by atoms with Crippen molar-refractivity contribution in [3.05, 3.63) is 60.7 Å². The minimum absolute atomic E-state index is 0.624. The summed E-state index contributed by atoms with van der Waals surface area (Å²) in [6, 6.07) is 19.4. The van der Waals surface area contributed by atoms with Crippen LogP contribution in [0.2, 0.25) is 0 Å². The van der Waals surface area contributed by atoms with E-state index in [9.17, 15) is 4.57 Å². The Bertz CT molecular complexity index is 653. The molecule has 0 aromatic heterocycles. The van der Waals surface area contributed by atoms with Gasteiger partial charge in [0, 0.05) is 16.3 Å². The smallest absolute Gasteiger partial charge is 0.247 e. The molecule has 3 rings (SSSR count). The number of hydrogen-bond acceptors (Lipinski definition) is 1. The van der Waals surface area contributed by atoms with E-state index in [0.717, 1.165) is 29.2 Å². The molecule has 2 aromatic rings. The predicted molar refractivity (Wildman–Crippen MR) is 94.8 cm³/mol. The molecule has 3 heteroatoms. The average molecular weight is 311 g/mol. The van der Waals surface area contributed by atoms with Gasteiger partial charge in [-0.15, -0.1) is 0 Å². The molecule has 22 heavy (non-hydrogen) atoms. The van der Waals surface area contributed by atoms with Crippen LogP contribution in [-0.2, 0) is 4.57 Å². The lowest BCUT2D eigenvalue weighted by molar-refractivity contribution is 0.457. The van der Waals surface area contributed by atoms with Crippen LogP contribution in [0, 0.1) is 11.8 Å². The maximum Gasteiger partial charge on any atom is 0.247 e. The molecular weight excluding hydrogens is 289 g/mol. The molecule has 0 amide bonds. The van der Waals surface area contributed by atoms with Gasteiger partial charge in [-0.25, -0.2) is 4.76 Å². The van der Waals surface area contributed by atoms with Crippen LogP contribution in [0.5, 0.6) is 0 Å². The molecule has 1 aliphatic rings. The summed E-state index contributed by atoms with van der Waals surface area (Å²) in [6.07, 6.45) is 1.93. The number of rotatable bonds is 3. The highest BCUT2D eigenvalue weighted by Gasteiger charge is 2.31. The lowest BCUT2D eigenvalue weighted by atomic mass is 10.0. The predicted octanol–water partition coefficient (Wildman–Crippen LogP) is 4.42. The van der Waals surface area contributed by atoms with Gasteiger partial charge in [0.25, 0.3) is 0 Å². The molecule has 0 saturated heterocycles. The zero-order valence-corrected chi connectivity index (χ0v) is 14.0. The number of benzene rings is 2. The van der Waals surface area contributed by atoms with Crippen LogP contribution >= 0.6 is 7.29 Å². The summed E-state index contributed by atoms with van der Waals surface area (Å²) >= 11 is 0. The highest BCUT2D eigenvalue weighted by atomic mass is 31.2. The molecule has 2 nitrogen and oxygen atoms in total. The lowest BCUT2D eigenvalue weighted by Crippen LogP contribution is -2.15. The Morgan fingerprint density at radius 1 is 0.818 bits per heavy atom. The topological polar surface area (TPSA) is 29.4 Å². The van der Waals surface area contributed by atoms with Crippen molar-refractivity contribution >= 4 is 23.6 Å². The molecule has 0 spiro atoms. The summed E-state index contributed by atoms with van der Waals surface area (Å²) in [5.74, 6) is 1.25. The van der Waals surface area contributed by atoms with Crippen molar-refractivity contribution in [3.63, 3.8) is 0 Å². The maximum absolute atomic E-state index is 13.8. The van der Waals surface area contributed by atoms with Gasteiger partial charge in [0.2, 0.25) is 7.29 Å². The van der Waals surface area contributed by atoms with E-state index in [-0.39, 0.29) is 0 Å². The molecule has 0 radical (unpaired) electrons. The van der Waals surface area contributed by atoms with Crippen molar-refractivity contribution in [2.75, 3.05) is 0 Å². The first-order valence-corrected chi connectivity index (χ1v) is 9.55. The van der Waals surface area contributed by atoms with Gasteiger partial charge in [-0.1, -0.05) is 50.2 Å². The standard InChI is InChI=1S/C19H22NOP/c1-15-13-17(14-16(15)2)20-22(21,18-9-5-3-6-10-18)19-11-7-4-8-12-19/h3-12,15-16H,13-14H2,1-2H3/t15-,16+. The average Bonchev–Trinajstić information content (AvgIpc) is 2.86. The zero-order valence-electron chi connectivity index (χ0n) is 13.1. The molecule has 0 N–H and O–H groups in total. The monoisotopic (exact) mass is 311 g/mol. The molecule has 0 bridgehead atoms. The first-order chi connectivity index (χ1) is 10.6. The maximum atomic E-state index is 13.8. The van der Waals surface area contributed by atoms with E-state index in [2.05, 4.69) is 13.8 Å². The molecule has 2 atom stereocenters. The highest BCUT2D eigenvalue weighted by molar-refractivity contribution is 7.77. The van der Waals surface area contributed by atoms with Crippen molar-refractivity contribution < 1.29 is 4.57 Å². The van der Waals surface area contributed by atoms with Gasteiger partial charge in [0.05, 0.1) is 0 Å². The second-order valence-corrected chi connectivity index (χ2v) is 8.66. The number of hydrogen-bond donors (Lipinski definition) is 0. The molecule has 1 saturated carbocycles. The van der Waals surface area contributed by atoms with Crippen molar-refractivity contribution in [3.8, 4) is 0 Å². The Hall–Kier alpha value is -1.66. The summed E-state index contributed by atoms with van der Waals surface area (Å²) < 4.78 is 18.6. The van der Waals surface area contributed by atoms with Crippen LogP contribution in [-0.4, -0.2) is 5.71 Å². The van der Waals surface area contributed by atoms with Gasteiger partial charge in [0.15, 0.2) is 0 Å². The molecule has 0 unspecified atom stereocenters. The fourth-order valence-corrected chi connectivity index (χ4v) is 5.28. The van der Waals surface area contributed by atoms with Gasteiger partial charge in [-0.2, -0.15) is 0 Å². The van der Waals surface area contributed by atoms with Gasteiger partial charge in [-0.05, 0) is 48.9 Å². The molecule has 1 aliphatic carbocycles. The van der Waals surface area contributed by atoms with Crippen molar-refractivity contribution in [2.45, 2.75) is 26.7 Å². The van der Waals surface area contributed by atoms with Gasteiger partial charge >= 0.3 is 0 Å². The van der Waals surface area contributed by atoms with Crippen molar-refractivity contribution in [1.82, 2.24) is 0 Å². The molecule has 2 aromatic carbocycles. The van der Waals surface area contributed by atoms with E-state index in [1.54, 1.807) is 0 Å². The van der Waals surface area contributed by atoms with Crippen LogP contribution < -0.4 is 10.6 Å². The summed E-state index contributed by atoms with van der Waals surface area (Å²) in [5, 5.41) is 1.64. The Morgan fingerprint density at radius 3 is 1.64 bits per heavy atom. The summed E-state index contributed by atoms with van der Waals surface area (Å²) in [5.41, 5.74) is 1.11. The largest absolute Gasteiger partial charge is 0.288 e. The molecular formula is C19H22NOP. The zero-order chi connectivity index (χ0) is 15.6. The third-order valence-corrected chi connectivity index (χ3v) is 7.14. The van der Waals surface area contributed by atoms with E-state index in [1.807, 2.05) is 60.7 Å². The second kappa shape index (κ2) is 6.22. The van der Waals surface area contributed by atoms with Crippen LogP contribution in [0.25, 0.3) is 0 Å². The van der Waals surface area contributed by atoms with Gasteiger partial charge in [0.1, 0.15) is 0 Å². The molecule has 0 aliphatic heterocycles. The van der Waals surface area contributed by atoms with Crippen molar-refractivity contribution in [2.24, 2.45) is 16.6 Å². The minimum Gasteiger partial charge on any atom is -0.288 e. The number of nitrogens with zero attached hydrogens (tertiary/aromatic N) is 1. The van der Waals surface area contributed by atoms with E-state index in [1.165, 1.54) is 0 Å². The Morgan fingerprint density at radius 2 is 1.23 bits per heavy atom. The van der Waals surface area contributed by atoms with Crippen LogP contribution in [0.15, 0.2) is 65.4 Å². The Labute approximate surface area is 132 Å². The third kappa shape index (κ3) is 2.94. The second-order valence-electron chi connectivity index (χ2n) is 6.28. The summed E-state index contributed by atoms with van der Waals surface area (Å²) in [4.78, 5) is 0. The van der Waals surface area contributed by atoms with Crippen LogP contribution in [0.4, 0.5) is 0 Å². The highest BCUT2D eigenvalue weighted by Crippen LogP contribution is 2.47. The molecule has 0 heterocycles. The Kier molecular flexibility index (Phi) is 4.31. The minimum atomic E-state index is -2.94. The SMILES string of the molecule is C[C@@H]1CC(=NP(=O)(c2ccccc2)c2ccccc2)C[C@@H]1C. The van der Waals surface area contributed by atoms with Crippen molar-refractivity contribution in [1.29, 1.82) is 0 Å².